The monoisotopic (exact) mass is 376 g/mol. The van der Waals surface area contributed by atoms with Gasteiger partial charge in [-0.3, -0.25) is 9.78 Å². The number of hydrogen-bond acceptors (Lipinski definition) is 5. The molecule has 6 nitrogen and oxygen atoms in total. The minimum absolute atomic E-state index is 0.121. The molecule has 1 N–H and O–H groups in total. The van der Waals surface area contributed by atoms with Gasteiger partial charge in [0.1, 0.15) is 11.2 Å². The number of furan rings is 1. The number of benzene rings is 1. The summed E-state index contributed by atoms with van der Waals surface area (Å²) in [5.74, 6) is -0.121. The highest BCUT2D eigenvalue weighted by Crippen LogP contribution is 2.28. The van der Waals surface area contributed by atoms with Gasteiger partial charge in [0.05, 0.1) is 6.26 Å². The van der Waals surface area contributed by atoms with E-state index in [0.717, 1.165) is 27.5 Å². The van der Waals surface area contributed by atoms with Crippen molar-refractivity contribution < 1.29 is 13.6 Å². The van der Waals surface area contributed by atoms with Gasteiger partial charge in [-0.1, -0.05) is 6.07 Å². The van der Waals surface area contributed by atoms with E-state index in [9.17, 15) is 9.59 Å². The molecule has 0 aliphatic carbocycles. The van der Waals surface area contributed by atoms with Gasteiger partial charge < -0.3 is 14.2 Å². The summed E-state index contributed by atoms with van der Waals surface area (Å²) in [6.45, 7) is 4.28. The van der Waals surface area contributed by atoms with E-state index in [-0.39, 0.29) is 12.3 Å². The SMILES string of the molecule is Cc1coc2cc3oc(=O)c(CCC(=O)NCc4cccnc4)c(C)c3cc12. The second kappa shape index (κ2) is 7.31. The Kier molecular flexibility index (Phi) is 4.69. The zero-order valence-corrected chi connectivity index (χ0v) is 15.7. The normalized spacial score (nSPS) is 11.2. The van der Waals surface area contributed by atoms with Crippen LogP contribution in [0.2, 0.25) is 0 Å². The maximum Gasteiger partial charge on any atom is 0.339 e. The van der Waals surface area contributed by atoms with Crippen molar-refractivity contribution in [2.75, 3.05) is 0 Å². The number of hydrogen-bond donors (Lipinski definition) is 1. The lowest BCUT2D eigenvalue weighted by molar-refractivity contribution is -0.121. The summed E-state index contributed by atoms with van der Waals surface area (Å²) in [5, 5.41) is 4.70. The van der Waals surface area contributed by atoms with Gasteiger partial charge in [0, 0.05) is 47.8 Å². The number of aryl methyl sites for hydroxylation is 2. The molecule has 0 aliphatic rings. The van der Waals surface area contributed by atoms with Crippen LogP contribution in [0.25, 0.3) is 21.9 Å². The second-order valence-electron chi connectivity index (χ2n) is 6.89. The third-order valence-corrected chi connectivity index (χ3v) is 4.99. The van der Waals surface area contributed by atoms with Crippen molar-refractivity contribution in [2.45, 2.75) is 33.2 Å². The molecule has 0 unspecified atom stereocenters. The largest absolute Gasteiger partial charge is 0.464 e. The molecule has 142 valence electrons. The van der Waals surface area contributed by atoms with Gasteiger partial charge in [0.2, 0.25) is 5.91 Å². The Morgan fingerprint density at radius 3 is 2.82 bits per heavy atom. The number of amides is 1. The fourth-order valence-electron chi connectivity index (χ4n) is 3.36. The Labute approximate surface area is 161 Å². The molecule has 0 bridgehead atoms. The molecule has 0 saturated heterocycles. The molecule has 3 aromatic heterocycles. The predicted octanol–water partition coefficient (Wildman–Crippen LogP) is 3.80. The van der Waals surface area contributed by atoms with Crippen LogP contribution in [0.3, 0.4) is 0 Å². The zero-order chi connectivity index (χ0) is 19.7. The first-order chi connectivity index (χ1) is 13.5. The molecule has 1 amide bonds. The molecule has 0 fully saturated rings. The van der Waals surface area contributed by atoms with E-state index in [4.69, 9.17) is 8.83 Å². The van der Waals surface area contributed by atoms with Crippen LogP contribution in [0.1, 0.15) is 28.7 Å². The molecule has 0 spiro atoms. The van der Waals surface area contributed by atoms with Gasteiger partial charge in [-0.2, -0.15) is 0 Å². The Bertz CT molecular complexity index is 1220. The number of nitrogens with one attached hydrogen (secondary N) is 1. The van der Waals surface area contributed by atoms with Crippen LogP contribution in [0.15, 0.2) is 56.6 Å². The fraction of sp³-hybridized carbons (Fsp3) is 0.227. The first kappa shape index (κ1) is 18.0. The minimum atomic E-state index is -0.410. The summed E-state index contributed by atoms with van der Waals surface area (Å²) in [5.41, 5.74) is 4.10. The number of pyridine rings is 1. The van der Waals surface area contributed by atoms with Crippen LogP contribution in [0.4, 0.5) is 0 Å². The van der Waals surface area contributed by atoms with Gasteiger partial charge >= 0.3 is 5.63 Å². The van der Waals surface area contributed by atoms with Crippen LogP contribution in [0.5, 0.6) is 0 Å². The molecule has 3 heterocycles. The van der Waals surface area contributed by atoms with E-state index in [0.29, 0.717) is 29.7 Å². The van der Waals surface area contributed by atoms with E-state index in [1.165, 1.54) is 0 Å². The molecular weight excluding hydrogens is 356 g/mol. The van der Waals surface area contributed by atoms with Crippen molar-refractivity contribution in [2.24, 2.45) is 0 Å². The number of carbonyl (C=O) groups is 1. The van der Waals surface area contributed by atoms with Crippen molar-refractivity contribution >= 4 is 27.8 Å². The van der Waals surface area contributed by atoms with Crippen LogP contribution in [-0.2, 0) is 17.8 Å². The van der Waals surface area contributed by atoms with Crippen LogP contribution >= 0.6 is 0 Å². The summed E-state index contributed by atoms with van der Waals surface area (Å²) < 4.78 is 11.0. The third-order valence-electron chi connectivity index (χ3n) is 4.99. The van der Waals surface area contributed by atoms with Crippen molar-refractivity contribution in [3.05, 3.63) is 75.6 Å². The lowest BCUT2D eigenvalue weighted by Crippen LogP contribution is -2.24. The van der Waals surface area contributed by atoms with E-state index in [2.05, 4.69) is 10.3 Å². The van der Waals surface area contributed by atoms with Gasteiger partial charge in [-0.15, -0.1) is 0 Å². The highest BCUT2D eigenvalue weighted by atomic mass is 16.4. The van der Waals surface area contributed by atoms with Crippen LogP contribution in [0, 0.1) is 13.8 Å². The first-order valence-electron chi connectivity index (χ1n) is 9.12. The van der Waals surface area contributed by atoms with Crippen molar-refractivity contribution in [3.63, 3.8) is 0 Å². The molecule has 0 saturated carbocycles. The van der Waals surface area contributed by atoms with Crippen molar-refractivity contribution in [1.82, 2.24) is 10.3 Å². The number of nitrogens with zero attached hydrogens (tertiary/aromatic N) is 1. The van der Waals surface area contributed by atoms with Crippen LogP contribution in [-0.4, -0.2) is 10.9 Å². The quantitative estimate of drug-likeness (QED) is 0.536. The Morgan fingerprint density at radius 2 is 2.04 bits per heavy atom. The van der Waals surface area contributed by atoms with Gasteiger partial charge in [-0.25, -0.2) is 4.79 Å². The maximum absolute atomic E-state index is 12.4. The summed E-state index contributed by atoms with van der Waals surface area (Å²) >= 11 is 0. The van der Waals surface area contributed by atoms with Gasteiger partial charge in [0.15, 0.2) is 0 Å². The molecule has 0 radical (unpaired) electrons. The number of carbonyl (C=O) groups excluding carboxylic acids is 1. The van der Waals surface area contributed by atoms with Crippen molar-refractivity contribution in [3.8, 4) is 0 Å². The van der Waals surface area contributed by atoms with E-state index in [1.54, 1.807) is 24.7 Å². The average molecular weight is 376 g/mol. The number of aromatic nitrogens is 1. The minimum Gasteiger partial charge on any atom is -0.464 e. The Balaban J connectivity index is 1.54. The summed E-state index contributed by atoms with van der Waals surface area (Å²) in [6.07, 6.45) is 5.62. The molecule has 0 atom stereocenters. The fourth-order valence-corrected chi connectivity index (χ4v) is 3.36. The smallest absolute Gasteiger partial charge is 0.339 e. The van der Waals surface area contributed by atoms with E-state index >= 15 is 0 Å². The Hall–Kier alpha value is -3.41. The molecule has 1 aromatic carbocycles. The second-order valence-corrected chi connectivity index (χ2v) is 6.89. The predicted molar refractivity (Wildman–Crippen MR) is 106 cm³/mol. The summed E-state index contributed by atoms with van der Waals surface area (Å²) in [7, 11) is 0. The molecular formula is C22H20N2O4. The first-order valence-corrected chi connectivity index (χ1v) is 9.12. The Morgan fingerprint density at radius 1 is 1.18 bits per heavy atom. The zero-order valence-electron chi connectivity index (χ0n) is 15.7. The third kappa shape index (κ3) is 3.41. The number of rotatable bonds is 5. The highest BCUT2D eigenvalue weighted by Gasteiger charge is 2.15. The topological polar surface area (TPSA) is 85.3 Å². The van der Waals surface area contributed by atoms with E-state index < -0.39 is 5.63 Å². The number of fused-ring (bicyclic) bond motifs is 2. The van der Waals surface area contributed by atoms with Crippen LogP contribution < -0.4 is 10.9 Å². The lowest BCUT2D eigenvalue weighted by atomic mass is 10.0. The van der Waals surface area contributed by atoms with E-state index in [1.807, 2.05) is 32.0 Å². The van der Waals surface area contributed by atoms with Crippen molar-refractivity contribution in [1.29, 1.82) is 0 Å². The highest BCUT2D eigenvalue weighted by molar-refractivity contribution is 5.96. The average Bonchev–Trinajstić information content (AvgIpc) is 3.05. The molecule has 4 aromatic rings. The molecule has 4 rings (SSSR count). The van der Waals surface area contributed by atoms with Gasteiger partial charge in [0.25, 0.3) is 0 Å². The molecule has 6 heteroatoms. The standard InChI is InChI=1S/C22H20N2O4/c1-13-12-27-19-9-20-18(8-17(13)19)14(2)16(22(26)28-20)5-6-21(25)24-11-15-4-3-7-23-10-15/h3-4,7-10,12H,5-6,11H2,1-2H3,(H,24,25). The molecule has 0 aliphatic heterocycles. The maximum atomic E-state index is 12.4. The lowest BCUT2D eigenvalue weighted by Gasteiger charge is -2.09. The molecule has 28 heavy (non-hydrogen) atoms. The van der Waals surface area contributed by atoms with Gasteiger partial charge in [-0.05, 0) is 49.1 Å². The summed E-state index contributed by atoms with van der Waals surface area (Å²) in [6, 6.07) is 7.45. The summed E-state index contributed by atoms with van der Waals surface area (Å²) in [4.78, 5) is 28.7.